The van der Waals surface area contributed by atoms with Crippen LogP contribution in [-0.2, 0) is 19.1 Å². The molecular formula is C30H42N4O6. The van der Waals surface area contributed by atoms with Gasteiger partial charge in [-0.1, -0.05) is 23.8 Å². The first-order valence-corrected chi connectivity index (χ1v) is 13.1. The Kier molecular flexibility index (Phi) is 10.3. The number of rotatable bonds is 9. The number of carbonyl (C=O) groups is 4. The van der Waals surface area contributed by atoms with Crippen LogP contribution in [0.1, 0.15) is 70.7 Å². The minimum atomic E-state index is -1.37. The number of methoxy groups -OCH3 is 1. The van der Waals surface area contributed by atoms with E-state index in [9.17, 15) is 19.2 Å². The van der Waals surface area contributed by atoms with Gasteiger partial charge in [0.1, 0.15) is 23.4 Å². The van der Waals surface area contributed by atoms with E-state index >= 15 is 0 Å². The number of nitrogens with one attached hydrogen (secondary N) is 2. The second kappa shape index (κ2) is 12.8. The summed E-state index contributed by atoms with van der Waals surface area (Å²) in [4.78, 5) is 54.2. The largest absolute Gasteiger partial charge is 0.497 e. The van der Waals surface area contributed by atoms with E-state index in [1.54, 1.807) is 79.0 Å². The van der Waals surface area contributed by atoms with E-state index in [0.29, 0.717) is 17.0 Å². The average Bonchev–Trinajstić information content (AvgIpc) is 2.80. The molecule has 0 radical (unpaired) electrons. The summed E-state index contributed by atoms with van der Waals surface area (Å²) in [6.07, 6.45) is -1.36. The van der Waals surface area contributed by atoms with Gasteiger partial charge < -0.3 is 30.7 Å². The first-order valence-electron chi connectivity index (χ1n) is 13.1. The fourth-order valence-electron chi connectivity index (χ4n) is 4.28. The van der Waals surface area contributed by atoms with Gasteiger partial charge in [-0.15, -0.1) is 0 Å². The predicted octanol–water partition coefficient (Wildman–Crippen LogP) is 4.39. The monoisotopic (exact) mass is 554 g/mol. The van der Waals surface area contributed by atoms with Crippen molar-refractivity contribution in [1.29, 1.82) is 0 Å². The second-order valence-electron chi connectivity index (χ2n) is 11.7. The molecule has 2 unspecified atom stereocenters. The minimum absolute atomic E-state index is 0.476. The lowest BCUT2D eigenvalue weighted by molar-refractivity contribution is -0.147. The van der Waals surface area contributed by atoms with E-state index in [0.717, 1.165) is 11.1 Å². The topological polar surface area (TPSA) is 140 Å². The first-order chi connectivity index (χ1) is 18.4. The molecule has 2 rings (SSSR count). The van der Waals surface area contributed by atoms with Gasteiger partial charge in [0.15, 0.2) is 0 Å². The fourth-order valence-corrected chi connectivity index (χ4v) is 4.28. The van der Waals surface area contributed by atoms with Gasteiger partial charge in [0, 0.05) is 11.2 Å². The molecule has 0 bridgehead atoms. The molecule has 0 fully saturated rings. The number of nitrogens with zero attached hydrogens (tertiary/aromatic N) is 1. The molecule has 10 nitrogen and oxygen atoms in total. The number of benzene rings is 2. The SMILES string of the molecule is COc1ccc(NC(=O)C(c2ccc(C)cc2C)N(C(=O)C(CC(N)=O)NC(=O)OC(C)(C)C)C(C)(C)C)cc1. The highest BCUT2D eigenvalue weighted by atomic mass is 16.6. The molecule has 0 aromatic heterocycles. The Morgan fingerprint density at radius 1 is 0.950 bits per heavy atom. The van der Waals surface area contributed by atoms with Crippen molar-refractivity contribution >= 4 is 29.5 Å². The molecule has 0 saturated carbocycles. The third-order valence-corrected chi connectivity index (χ3v) is 5.94. The molecule has 0 saturated heterocycles. The zero-order valence-corrected chi connectivity index (χ0v) is 24.9. The quantitative estimate of drug-likeness (QED) is 0.420. The van der Waals surface area contributed by atoms with Gasteiger partial charge in [0.25, 0.3) is 5.91 Å². The Labute approximate surface area is 236 Å². The Morgan fingerprint density at radius 2 is 1.55 bits per heavy atom. The molecule has 4 N–H and O–H groups in total. The Hall–Kier alpha value is -4.08. The number of hydrogen-bond donors (Lipinski definition) is 3. The molecule has 2 aromatic carbocycles. The first kappa shape index (κ1) is 32.1. The highest BCUT2D eigenvalue weighted by Crippen LogP contribution is 2.33. The van der Waals surface area contributed by atoms with Crippen molar-refractivity contribution in [2.45, 2.75) is 85.0 Å². The molecule has 0 spiro atoms. The van der Waals surface area contributed by atoms with Crippen LogP contribution in [0.25, 0.3) is 0 Å². The molecular weight excluding hydrogens is 512 g/mol. The van der Waals surface area contributed by atoms with E-state index in [1.165, 1.54) is 4.90 Å². The number of amides is 4. The smallest absolute Gasteiger partial charge is 0.408 e. The fraction of sp³-hybridized carbons (Fsp3) is 0.467. The van der Waals surface area contributed by atoms with Gasteiger partial charge in [-0.3, -0.25) is 14.4 Å². The minimum Gasteiger partial charge on any atom is -0.497 e. The summed E-state index contributed by atoms with van der Waals surface area (Å²) in [6, 6.07) is 9.91. The summed E-state index contributed by atoms with van der Waals surface area (Å²) in [5.74, 6) is -1.31. The van der Waals surface area contributed by atoms with Gasteiger partial charge in [0.2, 0.25) is 11.8 Å². The van der Waals surface area contributed by atoms with Crippen LogP contribution in [0.2, 0.25) is 0 Å². The average molecular weight is 555 g/mol. The van der Waals surface area contributed by atoms with Crippen LogP contribution >= 0.6 is 0 Å². The maximum absolute atomic E-state index is 14.2. The summed E-state index contributed by atoms with van der Waals surface area (Å²) in [5.41, 5.74) is 6.58. The van der Waals surface area contributed by atoms with E-state index in [1.807, 2.05) is 26.0 Å². The van der Waals surface area contributed by atoms with Crippen LogP contribution in [0.3, 0.4) is 0 Å². The maximum atomic E-state index is 14.2. The third-order valence-electron chi connectivity index (χ3n) is 5.94. The zero-order valence-electron chi connectivity index (χ0n) is 24.9. The molecule has 0 aliphatic carbocycles. The Morgan fingerprint density at radius 3 is 2.02 bits per heavy atom. The molecule has 0 aliphatic heterocycles. The number of hydrogen-bond acceptors (Lipinski definition) is 6. The van der Waals surface area contributed by atoms with Crippen molar-refractivity contribution in [3.05, 3.63) is 59.2 Å². The summed E-state index contributed by atoms with van der Waals surface area (Å²) in [6.45, 7) is 14.2. The molecule has 218 valence electrons. The normalized spacial score (nSPS) is 13.0. The van der Waals surface area contributed by atoms with Crippen LogP contribution in [0.5, 0.6) is 5.75 Å². The standard InChI is InChI=1S/C30H42N4O6/c1-18-10-15-22(19(2)16-18)25(26(36)32-20-11-13-21(39-9)14-12-20)34(29(3,4)5)27(37)23(17-24(31)35)33-28(38)40-30(6,7)8/h10-16,23,25H,17H2,1-9H3,(H2,31,35)(H,32,36)(H,33,38). The lowest BCUT2D eigenvalue weighted by atomic mass is 9.92. The van der Waals surface area contributed by atoms with Crippen molar-refractivity contribution in [3.63, 3.8) is 0 Å². The Bertz CT molecular complexity index is 1230. The van der Waals surface area contributed by atoms with Crippen molar-refractivity contribution in [2.24, 2.45) is 5.73 Å². The predicted molar refractivity (Wildman–Crippen MR) is 154 cm³/mol. The van der Waals surface area contributed by atoms with Crippen molar-refractivity contribution in [2.75, 3.05) is 12.4 Å². The van der Waals surface area contributed by atoms with Crippen LogP contribution in [0.4, 0.5) is 10.5 Å². The van der Waals surface area contributed by atoms with E-state index in [-0.39, 0.29) is 0 Å². The van der Waals surface area contributed by atoms with Gasteiger partial charge in [0.05, 0.1) is 13.5 Å². The highest BCUT2D eigenvalue weighted by Gasteiger charge is 2.42. The molecule has 0 aliphatic rings. The molecule has 10 heteroatoms. The number of ether oxygens (including phenoxy) is 2. The summed E-state index contributed by atoms with van der Waals surface area (Å²) >= 11 is 0. The summed E-state index contributed by atoms with van der Waals surface area (Å²) in [7, 11) is 1.55. The van der Waals surface area contributed by atoms with Crippen molar-refractivity contribution in [1.82, 2.24) is 10.2 Å². The summed E-state index contributed by atoms with van der Waals surface area (Å²) < 4.78 is 10.5. The highest BCUT2D eigenvalue weighted by molar-refractivity contribution is 6.00. The molecule has 4 amide bonds. The third kappa shape index (κ3) is 9.00. The van der Waals surface area contributed by atoms with Gasteiger partial charge >= 0.3 is 6.09 Å². The zero-order chi connectivity index (χ0) is 30.4. The number of alkyl carbamates (subject to hydrolysis) is 1. The molecule has 2 atom stereocenters. The summed E-state index contributed by atoms with van der Waals surface area (Å²) in [5, 5.41) is 5.39. The van der Waals surface area contributed by atoms with Crippen LogP contribution < -0.4 is 21.1 Å². The number of primary amides is 1. The van der Waals surface area contributed by atoms with E-state index in [4.69, 9.17) is 15.2 Å². The number of nitrogens with two attached hydrogens (primary N) is 1. The number of carbonyl (C=O) groups excluding carboxylic acids is 4. The number of aryl methyl sites for hydroxylation is 2. The van der Waals surface area contributed by atoms with Gasteiger partial charge in [-0.25, -0.2) is 4.79 Å². The van der Waals surface area contributed by atoms with Crippen molar-refractivity contribution in [3.8, 4) is 5.75 Å². The number of anilines is 1. The molecule has 0 heterocycles. The van der Waals surface area contributed by atoms with Gasteiger partial charge in [-0.05, 0) is 90.8 Å². The van der Waals surface area contributed by atoms with Crippen molar-refractivity contribution < 1.29 is 28.7 Å². The van der Waals surface area contributed by atoms with Gasteiger partial charge in [-0.2, -0.15) is 0 Å². The lowest BCUT2D eigenvalue weighted by Gasteiger charge is -2.43. The molecule has 2 aromatic rings. The van der Waals surface area contributed by atoms with Crippen LogP contribution in [0, 0.1) is 13.8 Å². The Balaban J connectivity index is 2.63. The van der Waals surface area contributed by atoms with Crippen LogP contribution in [0.15, 0.2) is 42.5 Å². The van der Waals surface area contributed by atoms with E-state index in [2.05, 4.69) is 10.6 Å². The van der Waals surface area contributed by atoms with E-state index < -0.39 is 53.5 Å². The second-order valence-corrected chi connectivity index (χ2v) is 11.7. The molecule has 40 heavy (non-hydrogen) atoms. The maximum Gasteiger partial charge on any atom is 0.408 e. The lowest BCUT2D eigenvalue weighted by Crippen LogP contribution is -2.58. The van der Waals surface area contributed by atoms with Crippen LogP contribution in [-0.4, -0.2) is 53.0 Å².